The van der Waals surface area contributed by atoms with E-state index in [4.69, 9.17) is 0 Å². The van der Waals surface area contributed by atoms with E-state index in [-0.39, 0.29) is 11.7 Å². The number of H-pyrrole nitrogens is 1. The molecule has 1 aromatic carbocycles. The lowest BCUT2D eigenvalue weighted by Gasteiger charge is -2.02. The van der Waals surface area contributed by atoms with Gasteiger partial charge in [0, 0.05) is 17.8 Å². The van der Waals surface area contributed by atoms with Gasteiger partial charge in [0.2, 0.25) is 0 Å². The van der Waals surface area contributed by atoms with Gasteiger partial charge in [-0.3, -0.25) is 4.79 Å². The normalized spacial score (nSPS) is 9.75. The highest BCUT2D eigenvalue weighted by atomic mass is 16.2. The molecule has 79 valence electrons. The first-order valence-corrected chi connectivity index (χ1v) is 4.59. The number of rotatable bonds is 2. The van der Waals surface area contributed by atoms with Gasteiger partial charge in [0.15, 0.2) is 0 Å². The third-order valence-electron chi connectivity index (χ3n) is 1.89. The Balaban J connectivity index is 2.17. The number of hydrogen-bond acceptors (Lipinski definition) is 3. The van der Waals surface area contributed by atoms with Gasteiger partial charge in [-0.2, -0.15) is 4.98 Å². The van der Waals surface area contributed by atoms with Crippen LogP contribution >= 0.6 is 0 Å². The van der Waals surface area contributed by atoms with E-state index in [9.17, 15) is 9.59 Å². The average Bonchev–Trinajstić information content (AvgIpc) is 2.30. The fourth-order valence-electron chi connectivity index (χ4n) is 1.17. The number of aromatic nitrogens is 2. The van der Waals surface area contributed by atoms with Gasteiger partial charge >= 0.3 is 5.69 Å². The Labute approximate surface area is 91.2 Å². The summed E-state index contributed by atoms with van der Waals surface area (Å²) >= 11 is 0. The van der Waals surface area contributed by atoms with Crippen molar-refractivity contribution in [3.63, 3.8) is 0 Å². The van der Waals surface area contributed by atoms with Crippen LogP contribution in [0.15, 0.2) is 41.3 Å². The number of aromatic amines is 1. The second-order valence-electron chi connectivity index (χ2n) is 3.02. The maximum absolute atomic E-state index is 11.6. The van der Waals surface area contributed by atoms with Crippen molar-refractivity contribution >= 4 is 11.7 Å². The van der Waals surface area contributed by atoms with Crippen LogP contribution in [0.4, 0.5) is 5.82 Å². The molecule has 0 aliphatic rings. The number of carbonyl (C=O) groups excluding carboxylic acids is 1. The summed E-state index contributed by atoms with van der Waals surface area (Å²) in [6, 6.07) is 11.3. The topological polar surface area (TPSA) is 74.8 Å². The maximum Gasteiger partial charge on any atom is 0.346 e. The Morgan fingerprint density at radius 3 is 2.75 bits per heavy atom. The largest absolute Gasteiger partial charge is 0.346 e. The fraction of sp³-hybridized carbons (Fsp3) is 0. The second-order valence-corrected chi connectivity index (χ2v) is 3.02. The van der Waals surface area contributed by atoms with Crippen molar-refractivity contribution in [2.24, 2.45) is 0 Å². The van der Waals surface area contributed by atoms with Gasteiger partial charge in [-0.15, -0.1) is 0 Å². The molecule has 16 heavy (non-hydrogen) atoms. The van der Waals surface area contributed by atoms with Gasteiger partial charge in [0.05, 0.1) is 0 Å². The van der Waals surface area contributed by atoms with Crippen LogP contribution in [0.1, 0.15) is 10.4 Å². The molecule has 2 N–H and O–H groups in total. The molecule has 5 nitrogen and oxygen atoms in total. The van der Waals surface area contributed by atoms with Crippen molar-refractivity contribution in [3.8, 4) is 0 Å². The van der Waals surface area contributed by atoms with Crippen LogP contribution in [-0.2, 0) is 0 Å². The molecule has 0 saturated heterocycles. The van der Waals surface area contributed by atoms with Crippen LogP contribution in [-0.4, -0.2) is 15.9 Å². The van der Waals surface area contributed by atoms with Gasteiger partial charge in [-0.05, 0) is 12.1 Å². The summed E-state index contributed by atoms with van der Waals surface area (Å²) in [5, 5.41) is 2.47. The van der Waals surface area contributed by atoms with E-state index < -0.39 is 5.69 Å². The molecule has 2 rings (SSSR count). The molecule has 0 saturated carbocycles. The van der Waals surface area contributed by atoms with Crippen molar-refractivity contribution in [3.05, 3.63) is 58.6 Å². The van der Waals surface area contributed by atoms with E-state index in [0.29, 0.717) is 5.56 Å². The van der Waals surface area contributed by atoms with Gasteiger partial charge < -0.3 is 10.3 Å². The van der Waals surface area contributed by atoms with E-state index in [2.05, 4.69) is 21.4 Å². The molecule has 0 fully saturated rings. The molecular formula is C11H8N3O2. The summed E-state index contributed by atoms with van der Waals surface area (Å²) in [5.74, 6) is -0.215. The van der Waals surface area contributed by atoms with Crippen molar-refractivity contribution in [2.75, 3.05) is 5.32 Å². The number of benzene rings is 1. The highest BCUT2D eigenvalue weighted by Crippen LogP contribution is 2.02. The number of nitrogens with zero attached hydrogens (tertiary/aromatic N) is 1. The van der Waals surface area contributed by atoms with Gasteiger partial charge in [0.25, 0.3) is 5.91 Å². The van der Waals surface area contributed by atoms with Gasteiger partial charge in [-0.25, -0.2) is 4.79 Å². The third-order valence-corrected chi connectivity index (χ3v) is 1.89. The Bertz CT molecular complexity index is 548. The van der Waals surface area contributed by atoms with Crippen molar-refractivity contribution < 1.29 is 4.79 Å². The van der Waals surface area contributed by atoms with Crippen LogP contribution in [0.2, 0.25) is 0 Å². The molecule has 0 bridgehead atoms. The molecule has 0 unspecified atom stereocenters. The molecule has 0 aliphatic carbocycles. The molecule has 1 aromatic heterocycles. The van der Waals surface area contributed by atoms with Crippen LogP contribution in [0.3, 0.4) is 0 Å². The molecule has 0 spiro atoms. The molecule has 1 amide bonds. The van der Waals surface area contributed by atoms with Crippen LogP contribution < -0.4 is 11.0 Å². The minimum atomic E-state index is -0.526. The lowest BCUT2D eigenvalue weighted by atomic mass is 10.2. The van der Waals surface area contributed by atoms with Crippen LogP contribution in [0.25, 0.3) is 0 Å². The predicted molar refractivity (Wildman–Crippen MR) is 58.1 cm³/mol. The highest BCUT2D eigenvalue weighted by molar-refractivity contribution is 6.03. The zero-order chi connectivity index (χ0) is 11.4. The van der Waals surface area contributed by atoms with E-state index in [1.54, 1.807) is 24.3 Å². The fourth-order valence-corrected chi connectivity index (χ4v) is 1.17. The maximum atomic E-state index is 11.6. The first-order chi connectivity index (χ1) is 7.75. The van der Waals surface area contributed by atoms with Crippen molar-refractivity contribution in [1.82, 2.24) is 9.97 Å². The zero-order valence-corrected chi connectivity index (χ0v) is 8.23. The van der Waals surface area contributed by atoms with Gasteiger partial charge in [-0.1, -0.05) is 18.2 Å². The number of amides is 1. The van der Waals surface area contributed by atoms with E-state index in [1.807, 2.05) is 6.07 Å². The standard InChI is InChI=1S/C11H8N3O2/c15-10(8-4-2-1-3-5-8)13-9-6-7-12-11(16)14-9/h1-5,7H,(H2,12,13,14,15,16). The highest BCUT2D eigenvalue weighted by Gasteiger charge is 2.05. The first-order valence-electron chi connectivity index (χ1n) is 4.59. The van der Waals surface area contributed by atoms with Gasteiger partial charge in [0.1, 0.15) is 5.82 Å². The Kier molecular flexibility index (Phi) is 2.77. The zero-order valence-electron chi connectivity index (χ0n) is 8.23. The Morgan fingerprint density at radius 2 is 2.06 bits per heavy atom. The quantitative estimate of drug-likeness (QED) is 0.777. The monoisotopic (exact) mass is 214 g/mol. The van der Waals surface area contributed by atoms with E-state index >= 15 is 0 Å². The molecule has 0 atom stereocenters. The lowest BCUT2D eigenvalue weighted by Crippen LogP contribution is -2.17. The summed E-state index contributed by atoms with van der Waals surface area (Å²) in [6.07, 6.45) is 1.30. The predicted octanol–water partition coefficient (Wildman–Crippen LogP) is 0.822. The number of carbonyl (C=O) groups is 1. The lowest BCUT2D eigenvalue weighted by molar-refractivity contribution is 0.102. The third kappa shape index (κ3) is 2.33. The summed E-state index contributed by atoms with van der Waals surface area (Å²) < 4.78 is 0. The summed E-state index contributed by atoms with van der Waals surface area (Å²) in [6.45, 7) is 0. The number of hydrogen-bond donors (Lipinski definition) is 2. The molecule has 1 heterocycles. The number of nitrogens with one attached hydrogen (secondary N) is 2. The van der Waals surface area contributed by atoms with E-state index in [0.717, 1.165) is 0 Å². The second kappa shape index (κ2) is 4.39. The van der Waals surface area contributed by atoms with E-state index in [1.165, 1.54) is 6.20 Å². The summed E-state index contributed by atoms with van der Waals surface area (Å²) in [7, 11) is 0. The minimum absolute atomic E-state index is 0.109. The summed E-state index contributed by atoms with van der Waals surface area (Å²) in [4.78, 5) is 28.4. The molecule has 2 aromatic rings. The minimum Gasteiger partial charge on any atom is -0.312 e. The smallest absolute Gasteiger partial charge is 0.312 e. The van der Waals surface area contributed by atoms with Crippen LogP contribution in [0.5, 0.6) is 0 Å². The average molecular weight is 214 g/mol. The molecular weight excluding hydrogens is 206 g/mol. The SMILES string of the molecule is O=C(Nc1[c]c[nH]c(=O)n1)c1ccccc1. The molecule has 1 radical (unpaired) electrons. The van der Waals surface area contributed by atoms with Crippen LogP contribution in [0, 0.1) is 6.07 Å². The molecule has 0 aliphatic heterocycles. The first kappa shape index (κ1) is 10.1. The summed E-state index contributed by atoms with van der Waals surface area (Å²) in [5.41, 5.74) is -0.0277. The number of anilines is 1. The Hall–Kier alpha value is -2.43. The van der Waals surface area contributed by atoms with Crippen molar-refractivity contribution in [1.29, 1.82) is 0 Å². The molecule has 5 heteroatoms. The van der Waals surface area contributed by atoms with Crippen molar-refractivity contribution in [2.45, 2.75) is 0 Å². The Morgan fingerprint density at radius 1 is 1.31 bits per heavy atom.